The first kappa shape index (κ1) is 26.7. The molecule has 1 aliphatic rings. The summed E-state index contributed by atoms with van der Waals surface area (Å²) >= 11 is 7.47. The highest BCUT2D eigenvalue weighted by atomic mass is 35.5. The maximum Gasteiger partial charge on any atom is 0.338 e. The second-order valence-electron chi connectivity index (χ2n) is 9.50. The number of ether oxygens (including phenoxy) is 1. The molecule has 0 saturated carbocycles. The Kier molecular flexibility index (Phi) is 7.30. The van der Waals surface area contributed by atoms with E-state index in [1.807, 2.05) is 97.9 Å². The fourth-order valence-corrected chi connectivity index (χ4v) is 6.11. The third kappa shape index (κ3) is 5.10. The van der Waals surface area contributed by atoms with Crippen LogP contribution in [-0.2, 0) is 9.53 Å². The molecule has 0 spiro atoms. The maximum absolute atomic E-state index is 14.0. The molecule has 0 unspecified atom stereocenters. The molecule has 8 heteroatoms. The van der Waals surface area contributed by atoms with Crippen LogP contribution in [0.25, 0.3) is 23.1 Å². The van der Waals surface area contributed by atoms with Gasteiger partial charge in [0.2, 0.25) is 0 Å². The number of hydrogen-bond acceptors (Lipinski definition) is 6. The van der Waals surface area contributed by atoms with Crippen molar-refractivity contribution in [2.45, 2.75) is 19.9 Å². The fourth-order valence-electron chi connectivity index (χ4n) is 4.96. The van der Waals surface area contributed by atoms with Gasteiger partial charge in [-0.25, -0.2) is 9.79 Å². The minimum Gasteiger partial charge on any atom is -0.463 e. The van der Waals surface area contributed by atoms with E-state index in [1.165, 1.54) is 11.3 Å². The van der Waals surface area contributed by atoms with E-state index >= 15 is 0 Å². The summed E-state index contributed by atoms with van der Waals surface area (Å²) in [6, 6.07) is 27.6. The van der Waals surface area contributed by atoms with Crippen LogP contribution >= 0.6 is 22.9 Å². The number of halogens is 1. The maximum atomic E-state index is 14.0. The van der Waals surface area contributed by atoms with Gasteiger partial charge < -0.3 is 9.15 Å². The van der Waals surface area contributed by atoms with E-state index in [9.17, 15) is 9.59 Å². The molecule has 1 aliphatic heterocycles. The molecule has 3 aromatic carbocycles. The second kappa shape index (κ2) is 11.2. The summed E-state index contributed by atoms with van der Waals surface area (Å²) in [6.45, 7) is 3.94. The van der Waals surface area contributed by atoms with Crippen LogP contribution in [0.3, 0.4) is 0 Å². The Bertz CT molecular complexity index is 1970. The first-order valence-corrected chi connectivity index (χ1v) is 14.3. The number of thiazole rings is 1. The zero-order valence-electron chi connectivity index (χ0n) is 22.3. The van der Waals surface area contributed by atoms with Crippen molar-refractivity contribution in [2.75, 3.05) is 6.61 Å². The highest BCUT2D eigenvalue weighted by molar-refractivity contribution is 7.07. The van der Waals surface area contributed by atoms with E-state index in [0.717, 1.165) is 22.3 Å². The van der Waals surface area contributed by atoms with E-state index in [-0.39, 0.29) is 12.2 Å². The molecular weight excluding hydrogens is 556 g/mol. The Morgan fingerprint density at radius 2 is 1.78 bits per heavy atom. The summed E-state index contributed by atoms with van der Waals surface area (Å²) in [6.07, 6.45) is 1.71. The van der Waals surface area contributed by atoms with Crippen molar-refractivity contribution in [1.82, 2.24) is 4.57 Å². The molecule has 204 valence electrons. The molecule has 41 heavy (non-hydrogen) atoms. The summed E-state index contributed by atoms with van der Waals surface area (Å²) in [5.74, 6) is 0.668. The lowest BCUT2D eigenvalue weighted by Gasteiger charge is -2.25. The minimum atomic E-state index is -0.717. The van der Waals surface area contributed by atoms with Gasteiger partial charge >= 0.3 is 5.97 Å². The first-order chi connectivity index (χ1) is 19.9. The van der Waals surface area contributed by atoms with E-state index < -0.39 is 12.0 Å². The Morgan fingerprint density at radius 3 is 2.51 bits per heavy atom. The summed E-state index contributed by atoms with van der Waals surface area (Å²) in [4.78, 5) is 32.8. The van der Waals surface area contributed by atoms with Gasteiger partial charge in [0, 0.05) is 22.2 Å². The molecule has 3 heterocycles. The summed E-state index contributed by atoms with van der Waals surface area (Å²) in [5, 5.41) is 0.615. The molecule has 2 aromatic heterocycles. The predicted molar refractivity (Wildman–Crippen MR) is 161 cm³/mol. The topological polar surface area (TPSA) is 73.8 Å². The number of fused-ring (bicyclic) bond motifs is 1. The quantitative estimate of drug-likeness (QED) is 0.226. The number of hydrogen-bond donors (Lipinski definition) is 0. The van der Waals surface area contributed by atoms with E-state index in [1.54, 1.807) is 17.6 Å². The van der Waals surface area contributed by atoms with Crippen LogP contribution in [0.4, 0.5) is 0 Å². The average Bonchev–Trinajstić information content (AvgIpc) is 3.58. The van der Waals surface area contributed by atoms with Crippen molar-refractivity contribution in [3.63, 3.8) is 0 Å². The van der Waals surface area contributed by atoms with E-state index in [2.05, 4.69) is 0 Å². The zero-order chi connectivity index (χ0) is 28.5. The molecule has 5 aromatic rings. The van der Waals surface area contributed by atoms with Crippen molar-refractivity contribution in [3.05, 3.63) is 144 Å². The van der Waals surface area contributed by atoms with Crippen LogP contribution in [0.15, 0.2) is 111 Å². The number of aryl methyl sites for hydroxylation is 1. The third-order valence-corrected chi connectivity index (χ3v) is 8.07. The van der Waals surface area contributed by atoms with Gasteiger partial charge in [-0.1, -0.05) is 89.7 Å². The molecular formula is C33H25ClN2O4S. The van der Waals surface area contributed by atoms with Crippen molar-refractivity contribution >= 4 is 40.7 Å². The summed E-state index contributed by atoms with van der Waals surface area (Å²) < 4.78 is 13.6. The third-order valence-electron chi connectivity index (χ3n) is 6.85. The van der Waals surface area contributed by atoms with Gasteiger partial charge in [0.1, 0.15) is 11.5 Å². The lowest BCUT2D eigenvalue weighted by atomic mass is 9.93. The molecule has 0 aliphatic carbocycles. The second-order valence-corrected chi connectivity index (χ2v) is 10.9. The van der Waals surface area contributed by atoms with Crippen LogP contribution in [0.1, 0.15) is 35.4 Å². The van der Waals surface area contributed by atoms with E-state index in [4.69, 9.17) is 25.7 Å². The lowest BCUT2D eigenvalue weighted by Crippen LogP contribution is -2.39. The van der Waals surface area contributed by atoms with Gasteiger partial charge in [-0.15, -0.1) is 0 Å². The van der Waals surface area contributed by atoms with Crippen molar-refractivity contribution < 1.29 is 13.9 Å². The monoisotopic (exact) mass is 580 g/mol. The average molecular weight is 581 g/mol. The Balaban J connectivity index is 1.55. The highest BCUT2D eigenvalue weighted by Gasteiger charge is 2.35. The Morgan fingerprint density at radius 1 is 1.05 bits per heavy atom. The largest absolute Gasteiger partial charge is 0.463 e. The number of carbonyl (C=O) groups is 1. The molecule has 0 N–H and O–H groups in total. The Labute approximate surface area is 245 Å². The normalized spacial score (nSPS) is 15.0. The number of aromatic nitrogens is 1. The van der Waals surface area contributed by atoms with Crippen LogP contribution in [-0.4, -0.2) is 17.1 Å². The zero-order valence-corrected chi connectivity index (χ0v) is 23.9. The van der Waals surface area contributed by atoms with Crippen LogP contribution < -0.4 is 14.9 Å². The number of furan rings is 1. The minimum absolute atomic E-state index is 0.198. The van der Waals surface area contributed by atoms with Crippen molar-refractivity contribution in [3.8, 4) is 11.3 Å². The number of carbonyl (C=O) groups excluding carboxylic acids is 1. The fraction of sp³-hybridized carbons (Fsp3) is 0.121. The Hall–Kier alpha value is -4.46. The van der Waals surface area contributed by atoms with Crippen LogP contribution in [0.5, 0.6) is 0 Å². The first-order valence-electron chi connectivity index (χ1n) is 13.1. The number of rotatable bonds is 6. The number of nitrogens with zero attached hydrogens (tertiary/aromatic N) is 2. The molecule has 0 amide bonds. The molecule has 0 radical (unpaired) electrons. The molecule has 0 fully saturated rings. The molecule has 0 saturated heterocycles. The standard InChI is InChI=1S/C33H25ClN2O4S/c1-3-39-32(38)28-29(21-10-6-4-7-11-21)35-33-36(30(28)22-12-8-5-9-13-22)31(37)27(41-33)19-24-16-17-26(40-24)25-18-23(34)15-14-20(25)2/h4-19,30H,3H2,1-2H3/b27-19-/t30-/m1/s1. The van der Waals surface area contributed by atoms with Crippen LogP contribution in [0, 0.1) is 6.92 Å². The van der Waals surface area contributed by atoms with Crippen molar-refractivity contribution in [2.24, 2.45) is 4.99 Å². The van der Waals surface area contributed by atoms with E-state index in [0.29, 0.717) is 37.1 Å². The van der Waals surface area contributed by atoms with Gasteiger partial charge in [-0.05, 0) is 49.2 Å². The molecule has 6 nitrogen and oxygen atoms in total. The van der Waals surface area contributed by atoms with Gasteiger partial charge in [0.25, 0.3) is 5.56 Å². The SMILES string of the molecule is CCOC(=O)C1=C(c2ccccc2)N=c2s/c(=C\c3ccc(-c4cc(Cl)ccc4C)o3)c(=O)n2[C@@H]1c1ccccc1. The van der Waals surface area contributed by atoms with Crippen molar-refractivity contribution in [1.29, 1.82) is 0 Å². The van der Waals surface area contributed by atoms with Gasteiger partial charge in [0.05, 0.1) is 28.5 Å². The molecule has 6 rings (SSSR count). The molecule has 1 atom stereocenters. The highest BCUT2D eigenvalue weighted by Crippen LogP contribution is 2.35. The summed E-state index contributed by atoms with van der Waals surface area (Å²) in [5.41, 5.74) is 3.99. The number of esters is 1. The van der Waals surface area contributed by atoms with Crippen LogP contribution in [0.2, 0.25) is 5.02 Å². The number of benzene rings is 3. The lowest BCUT2D eigenvalue weighted by molar-refractivity contribution is -0.138. The smallest absolute Gasteiger partial charge is 0.338 e. The predicted octanol–water partition coefficient (Wildman–Crippen LogP) is 6.16. The summed E-state index contributed by atoms with van der Waals surface area (Å²) in [7, 11) is 0. The molecule has 0 bridgehead atoms. The van der Waals surface area contributed by atoms with Gasteiger partial charge in [0.15, 0.2) is 4.80 Å². The van der Waals surface area contributed by atoms with Gasteiger partial charge in [-0.3, -0.25) is 9.36 Å². The van der Waals surface area contributed by atoms with Gasteiger partial charge in [-0.2, -0.15) is 0 Å².